The van der Waals surface area contributed by atoms with E-state index >= 15 is 0 Å². The molecule has 0 unspecified atom stereocenters. The lowest BCUT2D eigenvalue weighted by atomic mass is 10.1. The molecule has 0 saturated carbocycles. The highest BCUT2D eigenvalue weighted by Gasteiger charge is 2.15. The molecule has 9 heteroatoms. The van der Waals surface area contributed by atoms with Crippen LogP contribution in [-0.4, -0.2) is 26.1 Å². The topological polar surface area (TPSA) is 74.6 Å². The number of hydrogen-bond acceptors (Lipinski definition) is 5. The first-order valence-electron chi connectivity index (χ1n) is 11.5. The van der Waals surface area contributed by atoms with Crippen molar-refractivity contribution < 1.29 is 14.3 Å². The van der Waals surface area contributed by atoms with Gasteiger partial charge in [0.25, 0.3) is 5.91 Å². The molecule has 37 heavy (non-hydrogen) atoms. The van der Waals surface area contributed by atoms with E-state index in [1.165, 1.54) is 13.2 Å². The molecule has 1 amide bonds. The number of hydrogen-bond donors (Lipinski definition) is 1. The minimum absolute atomic E-state index is 0.0349. The molecule has 0 fully saturated rings. The SMILES string of the molecule is CCN(CC)c1ccc(NC(=O)/C(C#N)=C\c2cc(I)c(OCc3ccc(Cl)cc3Cl)c(OC)c2)cc1. The smallest absolute Gasteiger partial charge is 0.266 e. The van der Waals surface area contributed by atoms with E-state index in [2.05, 4.69) is 46.7 Å². The Hall–Kier alpha value is -2.93. The standard InChI is InChI=1S/C28H26Cl2IN3O3/c1-4-34(5-2)23-10-8-22(9-11-23)33-28(35)20(16-32)12-18-13-25(31)27(26(14-18)36-3)37-17-19-6-7-21(29)15-24(19)30/h6-15H,4-5,17H2,1-3H3,(H,33,35)/b20-12-. The zero-order valence-electron chi connectivity index (χ0n) is 20.6. The van der Waals surface area contributed by atoms with Gasteiger partial charge in [0.05, 0.1) is 10.7 Å². The second-order valence-electron chi connectivity index (χ2n) is 7.90. The number of ether oxygens (including phenoxy) is 2. The van der Waals surface area contributed by atoms with Gasteiger partial charge >= 0.3 is 0 Å². The number of carbonyl (C=O) groups is 1. The maximum Gasteiger partial charge on any atom is 0.266 e. The fourth-order valence-electron chi connectivity index (χ4n) is 3.61. The lowest BCUT2D eigenvalue weighted by molar-refractivity contribution is -0.112. The van der Waals surface area contributed by atoms with Gasteiger partial charge in [0.1, 0.15) is 18.2 Å². The van der Waals surface area contributed by atoms with Crippen LogP contribution < -0.4 is 19.7 Å². The van der Waals surface area contributed by atoms with Gasteiger partial charge in [-0.3, -0.25) is 4.79 Å². The third-order valence-electron chi connectivity index (χ3n) is 5.57. The van der Waals surface area contributed by atoms with Gasteiger partial charge in [0.2, 0.25) is 0 Å². The zero-order valence-corrected chi connectivity index (χ0v) is 24.3. The Morgan fingerprint density at radius 1 is 1.11 bits per heavy atom. The van der Waals surface area contributed by atoms with Crippen LogP contribution in [0.4, 0.5) is 11.4 Å². The highest BCUT2D eigenvalue weighted by atomic mass is 127. The first kappa shape index (κ1) is 28.6. The van der Waals surface area contributed by atoms with E-state index in [0.717, 1.165) is 27.9 Å². The monoisotopic (exact) mass is 649 g/mol. The molecule has 0 aromatic heterocycles. The summed E-state index contributed by atoms with van der Waals surface area (Å²) in [6.45, 7) is 6.19. The Labute approximate surface area is 240 Å². The maximum absolute atomic E-state index is 12.8. The summed E-state index contributed by atoms with van der Waals surface area (Å²) in [5.41, 5.74) is 3.05. The molecule has 0 heterocycles. The third kappa shape index (κ3) is 7.54. The van der Waals surface area contributed by atoms with Gasteiger partial charge in [-0.2, -0.15) is 5.26 Å². The van der Waals surface area contributed by atoms with Crippen LogP contribution in [0.2, 0.25) is 10.0 Å². The van der Waals surface area contributed by atoms with Crippen LogP contribution in [0.5, 0.6) is 11.5 Å². The number of nitrogens with zero attached hydrogens (tertiary/aromatic N) is 2. The van der Waals surface area contributed by atoms with E-state index < -0.39 is 5.91 Å². The van der Waals surface area contributed by atoms with E-state index in [1.54, 1.807) is 24.3 Å². The van der Waals surface area contributed by atoms with E-state index in [0.29, 0.717) is 32.8 Å². The molecule has 192 valence electrons. The molecular formula is C28H26Cl2IN3O3. The molecule has 6 nitrogen and oxygen atoms in total. The molecule has 3 aromatic rings. The largest absolute Gasteiger partial charge is 0.493 e. The summed E-state index contributed by atoms with van der Waals surface area (Å²) >= 11 is 14.3. The molecule has 0 atom stereocenters. The maximum atomic E-state index is 12.8. The molecule has 3 rings (SSSR count). The minimum Gasteiger partial charge on any atom is -0.493 e. The number of amides is 1. The normalized spacial score (nSPS) is 11.0. The van der Waals surface area contributed by atoms with Gasteiger partial charge in [-0.15, -0.1) is 0 Å². The van der Waals surface area contributed by atoms with Gasteiger partial charge in [0, 0.05) is 40.1 Å². The van der Waals surface area contributed by atoms with Crippen LogP contribution in [0.3, 0.4) is 0 Å². The molecule has 0 aliphatic rings. The molecule has 0 radical (unpaired) electrons. The second-order valence-corrected chi connectivity index (χ2v) is 9.91. The fraction of sp³-hybridized carbons (Fsp3) is 0.214. The molecule has 0 aliphatic heterocycles. The molecule has 0 bridgehead atoms. The van der Waals surface area contributed by atoms with Crippen LogP contribution in [0.1, 0.15) is 25.0 Å². The Morgan fingerprint density at radius 3 is 2.41 bits per heavy atom. The number of nitrogens with one attached hydrogen (secondary N) is 1. The first-order chi connectivity index (χ1) is 17.8. The number of nitriles is 1. The Bertz CT molecular complexity index is 1330. The van der Waals surface area contributed by atoms with Crippen LogP contribution in [0.25, 0.3) is 6.08 Å². The fourth-order valence-corrected chi connectivity index (χ4v) is 4.85. The predicted molar refractivity (Wildman–Crippen MR) is 159 cm³/mol. The quantitative estimate of drug-likeness (QED) is 0.139. The molecule has 0 aliphatic carbocycles. The third-order valence-corrected chi connectivity index (χ3v) is 6.96. The number of rotatable bonds is 10. The highest BCUT2D eigenvalue weighted by molar-refractivity contribution is 14.1. The first-order valence-corrected chi connectivity index (χ1v) is 13.3. The van der Waals surface area contributed by atoms with Crippen molar-refractivity contribution >= 4 is 69.2 Å². The minimum atomic E-state index is -0.496. The Balaban J connectivity index is 1.77. The number of carbonyl (C=O) groups excluding carboxylic acids is 1. The number of benzene rings is 3. The van der Waals surface area contributed by atoms with E-state index in [4.69, 9.17) is 32.7 Å². The molecule has 0 saturated heterocycles. The summed E-state index contributed by atoms with van der Waals surface area (Å²) in [5, 5.41) is 13.5. The second kappa shape index (κ2) is 13.6. The van der Waals surface area contributed by atoms with Crippen LogP contribution in [-0.2, 0) is 11.4 Å². The van der Waals surface area contributed by atoms with Crippen molar-refractivity contribution in [3.63, 3.8) is 0 Å². The summed E-state index contributed by atoms with van der Waals surface area (Å²) in [4.78, 5) is 15.0. The summed E-state index contributed by atoms with van der Waals surface area (Å²) in [5.74, 6) is 0.500. The van der Waals surface area contributed by atoms with Gasteiger partial charge in [0.15, 0.2) is 11.5 Å². The van der Waals surface area contributed by atoms with E-state index in [9.17, 15) is 10.1 Å². The average molecular weight is 650 g/mol. The molecule has 3 aromatic carbocycles. The van der Waals surface area contributed by atoms with Crippen LogP contribution in [0, 0.1) is 14.9 Å². The number of methoxy groups -OCH3 is 1. The predicted octanol–water partition coefficient (Wildman–Crippen LogP) is 7.58. The van der Waals surface area contributed by atoms with Crippen molar-refractivity contribution in [2.45, 2.75) is 20.5 Å². The van der Waals surface area contributed by atoms with Crippen LogP contribution >= 0.6 is 45.8 Å². The molecule has 1 N–H and O–H groups in total. The number of anilines is 2. The average Bonchev–Trinajstić information content (AvgIpc) is 2.88. The zero-order chi connectivity index (χ0) is 26.9. The lowest BCUT2D eigenvalue weighted by Gasteiger charge is -2.21. The Kier molecular flexibility index (Phi) is 10.5. The van der Waals surface area contributed by atoms with Crippen molar-refractivity contribution in [2.75, 3.05) is 30.4 Å². The summed E-state index contributed by atoms with van der Waals surface area (Å²) < 4.78 is 12.3. The molecule has 0 spiro atoms. The van der Waals surface area contributed by atoms with E-state index in [-0.39, 0.29) is 12.2 Å². The van der Waals surface area contributed by atoms with Crippen molar-refractivity contribution in [1.29, 1.82) is 5.26 Å². The van der Waals surface area contributed by atoms with Crippen molar-refractivity contribution in [2.24, 2.45) is 0 Å². The number of halogens is 3. The van der Waals surface area contributed by atoms with E-state index in [1.807, 2.05) is 36.4 Å². The van der Waals surface area contributed by atoms with Gasteiger partial charge in [-0.25, -0.2) is 0 Å². The van der Waals surface area contributed by atoms with Crippen molar-refractivity contribution in [3.8, 4) is 17.6 Å². The molecular weight excluding hydrogens is 624 g/mol. The summed E-state index contributed by atoms with van der Waals surface area (Å²) in [7, 11) is 1.53. The highest BCUT2D eigenvalue weighted by Crippen LogP contribution is 2.36. The van der Waals surface area contributed by atoms with Gasteiger partial charge in [-0.05, 0) is 96.6 Å². The Morgan fingerprint density at radius 2 is 1.81 bits per heavy atom. The van der Waals surface area contributed by atoms with Crippen molar-refractivity contribution in [1.82, 2.24) is 0 Å². The van der Waals surface area contributed by atoms with Crippen LogP contribution in [0.15, 0.2) is 60.2 Å². The van der Waals surface area contributed by atoms with Crippen molar-refractivity contribution in [3.05, 3.63) is 84.9 Å². The lowest BCUT2D eigenvalue weighted by Crippen LogP contribution is -2.21. The van der Waals surface area contributed by atoms with Gasteiger partial charge in [-0.1, -0.05) is 29.3 Å². The summed E-state index contributed by atoms with van der Waals surface area (Å²) in [6.07, 6.45) is 1.52. The summed E-state index contributed by atoms with van der Waals surface area (Å²) in [6, 6.07) is 18.3. The van der Waals surface area contributed by atoms with Gasteiger partial charge < -0.3 is 19.7 Å².